The first kappa shape index (κ1) is 12.2. The van der Waals surface area contributed by atoms with E-state index >= 15 is 0 Å². The maximum absolute atomic E-state index is 2.41. The fourth-order valence-electron chi connectivity index (χ4n) is 3.88. The van der Waals surface area contributed by atoms with Crippen molar-refractivity contribution >= 4 is 0 Å². The van der Waals surface area contributed by atoms with E-state index < -0.39 is 0 Å². The number of hydrogen-bond acceptors (Lipinski definition) is 1. The lowest BCUT2D eigenvalue weighted by molar-refractivity contribution is 0.267. The molecule has 18 heavy (non-hydrogen) atoms. The summed E-state index contributed by atoms with van der Waals surface area (Å²) in [5.74, 6) is 0.871. The Morgan fingerprint density at radius 2 is 1.83 bits per heavy atom. The second-order valence-electron chi connectivity index (χ2n) is 6.33. The van der Waals surface area contributed by atoms with Crippen LogP contribution in [-0.4, -0.2) is 25.0 Å². The Morgan fingerprint density at radius 1 is 1.06 bits per heavy atom. The molecule has 1 heteroatoms. The molecule has 0 N–H and O–H groups in total. The van der Waals surface area contributed by atoms with Crippen molar-refractivity contribution in [1.29, 1.82) is 0 Å². The number of hydrogen-bond donors (Lipinski definition) is 0. The molecule has 2 aliphatic rings. The van der Waals surface area contributed by atoms with Gasteiger partial charge in [0.1, 0.15) is 0 Å². The van der Waals surface area contributed by atoms with Gasteiger partial charge in [-0.3, -0.25) is 0 Å². The molecule has 0 radical (unpaired) electrons. The van der Waals surface area contributed by atoms with Crippen LogP contribution in [0.25, 0.3) is 0 Å². The minimum absolute atomic E-state index is 0.747. The van der Waals surface area contributed by atoms with Crippen molar-refractivity contribution in [3.63, 3.8) is 0 Å². The van der Waals surface area contributed by atoms with E-state index in [0.717, 1.165) is 12.0 Å². The van der Waals surface area contributed by atoms with Gasteiger partial charge in [-0.05, 0) is 68.8 Å². The van der Waals surface area contributed by atoms with E-state index in [1.807, 2.05) is 0 Å². The van der Waals surface area contributed by atoms with Crippen LogP contribution in [0.15, 0.2) is 18.2 Å². The van der Waals surface area contributed by atoms with Crippen LogP contribution in [0.1, 0.15) is 54.7 Å². The molecule has 2 aliphatic carbocycles. The molecule has 1 aromatic rings. The normalized spacial score (nSPS) is 24.5. The summed E-state index contributed by atoms with van der Waals surface area (Å²) in [7, 11) is 4.44. The van der Waals surface area contributed by atoms with Crippen molar-refractivity contribution < 1.29 is 0 Å². The summed E-state index contributed by atoms with van der Waals surface area (Å²) in [6, 6.07) is 7.81. The van der Waals surface area contributed by atoms with Gasteiger partial charge in [0.05, 0.1) is 0 Å². The standard InChI is InChI=1S/C17H25N/c1-18(2)15-10-11-17-14(12-15)8-5-9-16(17)13-6-3-4-7-13/h5,8-9,13,15H,3-4,6-7,10-12H2,1-2H3. The van der Waals surface area contributed by atoms with Crippen LogP contribution >= 0.6 is 0 Å². The lowest BCUT2D eigenvalue weighted by Crippen LogP contribution is -2.33. The molecular weight excluding hydrogens is 218 g/mol. The molecule has 1 unspecified atom stereocenters. The Labute approximate surface area is 111 Å². The van der Waals surface area contributed by atoms with E-state index in [2.05, 4.69) is 37.2 Å². The van der Waals surface area contributed by atoms with Crippen molar-refractivity contribution in [3.8, 4) is 0 Å². The molecule has 0 bridgehead atoms. The lowest BCUT2D eigenvalue weighted by atomic mass is 9.81. The molecule has 98 valence electrons. The summed E-state index contributed by atoms with van der Waals surface area (Å²) in [5.41, 5.74) is 5.04. The first-order chi connectivity index (χ1) is 8.75. The zero-order valence-corrected chi connectivity index (χ0v) is 11.8. The second kappa shape index (κ2) is 5.05. The molecule has 0 heterocycles. The largest absolute Gasteiger partial charge is 0.306 e. The smallest absolute Gasteiger partial charge is 0.0133 e. The maximum atomic E-state index is 2.41. The quantitative estimate of drug-likeness (QED) is 0.764. The first-order valence-electron chi connectivity index (χ1n) is 7.53. The Kier molecular flexibility index (Phi) is 3.43. The SMILES string of the molecule is CN(C)C1CCc2c(cccc2C2CCCC2)C1. The van der Waals surface area contributed by atoms with Gasteiger partial charge >= 0.3 is 0 Å². The average molecular weight is 243 g/mol. The van der Waals surface area contributed by atoms with Gasteiger partial charge < -0.3 is 4.90 Å². The zero-order valence-electron chi connectivity index (χ0n) is 11.8. The molecule has 1 nitrogen and oxygen atoms in total. The third-order valence-corrected chi connectivity index (χ3v) is 5.02. The topological polar surface area (TPSA) is 3.24 Å². The fourth-order valence-corrected chi connectivity index (χ4v) is 3.88. The molecule has 0 spiro atoms. The van der Waals surface area contributed by atoms with Gasteiger partial charge in [-0.25, -0.2) is 0 Å². The van der Waals surface area contributed by atoms with E-state index in [-0.39, 0.29) is 0 Å². The average Bonchev–Trinajstić information content (AvgIpc) is 2.91. The molecule has 0 aliphatic heterocycles. The maximum Gasteiger partial charge on any atom is 0.0133 e. The van der Waals surface area contributed by atoms with Crippen molar-refractivity contribution in [2.24, 2.45) is 0 Å². The number of rotatable bonds is 2. The molecule has 0 amide bonds. The van der Waals surface area contributed by atoms with Crippen LogP contribution in [0.3, 0.4) is 0 Å². The fraction of sp³-hybridized carbons (Fsp3) is 0.647. The summed E-state index contributed by atoms with van der Waals surface area (Å²) < 4.78 is 0. The van der Waals surface area contributed by atoms with Crippen molar-refractivity contribution in [2.75, 3.05) is 14.1 Å². The van der Waals surface area contributed by atoms with Gasteiger partial charge in [0.2, 0.25) is 0 Å². The Bertz CT molecular complexity index is 416. The van der Waals surface area contributed by atoms with Crippen LogP contribution in [0, 0.1) is 0 Å². The van der Waals surface area contributed by atoms with E-state index in [0.29, 0.717) is 0 Å². The molecule has 1 fully saturated rings. The van der Waals surface area contributed by atoms with Gasteiger partial charge in [0.15, 0.2) is 0 Å². The molecule has 0 saturated heterocycles. The molecule has 1 saturated carbocycles. The second-order valence-corrected chi connectivity index (χ2v) is 6.33. The minimum Gasteiger partial charge on any atom is -0.306 e. The van der Waals surface area contributed by atoms with E-state index in [1.165, 1.54) is 44.9 Å². The summed E-state index contributed by atoms with van der Waals surface area (Å²) in [4.78, 5) is 2.39. The monoisotopic (exact) mass is 243 g/mol. The predicted octanol–water partition coefficient (Wildman–Crippen LogP) is 3.76. The van der Waals surface area contributed by atoms with Gasteiger partial charge in [-0.2, -0.15) is 0 Å². The van der Waals surface area contributed by atoms with E-state index in [9.17, 15) is 0 Å². The van der Waals surface area contributed by atoms with Crippen LogP contribution < -0.4 is 0 Å². The number of nitrogens with zero attached hydrogens (tertiary/aromatic N) is 1. The molecule has 1 atom stereocenters. The van der Waals surface area contributed by atoms with Crippen LogP contribution in [0.4, 0.5) is 0 Å². The summed E-state index contributed by atoms with van der Waals surface area (Å²) in [6.07, 6.45) is 9.61. The van der Waals surface area contributed by atoms with E-state index in [1.54, 1.807) is 16.7 Å². The number of benzene rings is 1. The molecule has 3 rings (SSSR count). The number of likely N-dealkylation sites (N-methyl/N-ethyl adjacent to an activating group) is 1. The zero-order chi connectivity index (χ0) is 12.5. The third kappa shape index (κ3) is 2.21. The van der Waals surface area contributed by atoms with Gasteiger partial charge in [-0.1, -0.05) is 31.0 Å². The van der Waals surface area contributed by atoms with Gasteiger partial charge in [-0.15, -0.1) is 0 Å². The predicted molar refractivity (Wildman–Crippen MR) is 77.2 cm³/mol. The highest BCUT2D eigenvalue weighted by Gasteiger charge is 2.25. The molecule has 0 aromatic heterocycles. The van der Waals surface area contributed by atoms with Crippen LogP contribution in [0.5, 0.6) is 0 Å². The van der Waals surface area contributed by atoms with E-state index in [4.69, 9.17) is 0 Å². The molecular formula is C17H25N. The van der Waals surface area contributed by atoms with Gasteiger partial charge in [0.25, 0.3) is 0 Å². The Balaban J connectivity index is 1.88. The number of fused-ring (bicyclic) bond motifs is 1. The highest BCUT2D eigenvalue weighted by molar-refractivity contribution is 5.40. The summed E-state index contributed by atoms with van der Waals surface area (Å²) >= 11 is 0. The van der Waals surface area contributed by atoms with Crippen LogP contribution in [-0.2, 0) is 12.8 Å². The highest BCUT2D eigenvalue weighted by Crippen LogP contribution is 2.38. The first-order valence-corrected chi connectivity index (χ1v) is 7.53. The summed E-state index contributed by atoms with van der Waals surface area (Å²) in [6.45, 7) is 0. The highest BCUT2D eigenvalue weighted by atomic mass is 15.1. The third-order valence-electron chi connectivity index (χ3n) is 5.02. The Hall–Kier alpha value is -0.820. The van der Waals surface area contributed by atoms with Crippen molar-refractivity contribution in [1.82, 2.24) is 4.90 Å². The van der Waals surface area contributed by atoms with Crippen molar-refractivity contribution in [3.05, 3.63) is 34.9 Å². The lowest BCUT2D eigenvalue weighted by Gasteiger charge is -2.32. The Morgan fingerprint density at radius 3 is 2.56 bits per heavy atom. The molecule has 1 aromatic carbocycles. The van der Waals surface area contributed by atoms with Crippen LogP contribution in [0.2, 0.25) is 0 Å². The minimum atomic E-state index is 0.747. The van der Waals surface area contributed by atoms with Gasteiger partial charge in [0, 0.05) is 6.04 Å². The summed E-state index contributed by atoms with van der Waals surface area (Å²) in [5, 5.41) is 0. The van der Waals surface area contributed by atoms with Crippen molar-refractivity contribution in [2.45, 2.75) is 56.9 Å².